The summed E-state index contributed by atoms with van der Waals surface area (Å²) in [5.74, 6) is -0.397. The molecule has 0 heterocycles. The van der Waals surface area contributed by atoms with Gasteiger partial charge in [-0.15, -0.1) is 0 Å². The van der Waals surface area contributed by atoms with Crippen LogP contribution < -0.4 is 16.4 Å². The summed E-state index contributed by atoms with van der Waals surface area (Å²) in [6.07, 6.45) is 1.98. The normalized spacial score (nSPS) is 12.6. The van der Waals surface area contributed by atoms with Gasteiger partial charge in [0.2, 0.25) is 5.91 Å². The maximum atomic E-state index is 13.5. The Kier molecular flexibility index (Phi) is 12.4. The van der Waals surface area contributed by atoms with Crippen LogP contribution in [0.4, 0.5) is 4.39 Å². The molecule has 2 atom stereocenters. The lowest BCUT2D eigenvalue weighted by atomic mass is 10.1. The summed E-state index contributed by atoms with van der Waals surface area (Å²) in [7, 11) is 0. The summed E-state index contributed by atoms with van der Waals surface area (Å²) in [6, 6.07) is 4.75. The fourth-order valence-corrected chi connectivity index (χ4v) is 2.00. The number of halogens is 1. The largest absolute Gasteiger partial charge is 0.349 e. The number of nitrogens with one attached hydrogen (secondary N) is 2. The highest BCUT2D eigenvalue weighted by Gasteiger charge is 2.13. The predicted octanol–water partition coefficient (Wildman–Crippen LogP) is 3.65. The lowest BCUT2D eigenvalue weighted by Crippen LogP contribution is -2.42. The number of rotatable bonds is 8. The highest BCUT2D eigenvalue weighted by molar-refractivity contribution is 5.77. The first-order valence-corrected chi connectivity index (χ1v) is 7.48. The summed E-state index contributed by atoms with van der Waals surface area (Å²) in [5.41, 5.74) is 7.19. The van der Waals surface area contributed by atoms with Crippen LogP contribution >= 0.6 is 0 Å². The molecule has 4 nitrogen and oxygen atoms in total. The van der Waals surface area contributed by atoms with Crippen molar-refractivity contribution in [1.82, 2.24) is 10.6 Å². The molecule has 1 unspecified atom stereocenters. The molecule has 1 aromatic rings. The number of hydrogen-bond acceptors (Lipinski definition) is 3. The van der Waals surface area contributed by atoms with E-state index in [-0.39, 0.29) is 45.2 Å². The quantitative estimate of drug-likeness (QED) is 0.504. The minimum absolute atomic E-state index is 0. The average Bonchev–Trinajstić information content (AvgIpc) is 2.41. The molecule has 0 bridgehead atoms. The van der Waals surface area contributed by atoms with Crippen molar-refractivity contribution < 1.29 is 9.18 Å². The van der Waals surface area contributed by atoms with Crippen LogP contribution in [0.1, 0.15) is 65.1 Å². The van der Waals surface area contributed by atoms with Gasteiger partial charge in [-0.2, -0.15) is 0 Å². The van der Waals surface area contributed by atoms with Gasteiger partial charge in [-0.3, -0.25) is 4.79 Å². The fraction of sp³-hybridized carbons (Fsp3) is 0.611. The topological polar surface area (TPSA) is 67.1 Å². The predicted molar refractivity (Wildman–Crippen MR) is 96.7 cm³/mol. The van der Waals surface area contributed by atoms with Crippen molar-refractivity contribution in [2.24, 2.45) is 5.73 Å². The molecule has 0 fully saturated rings. The summed E-state index contributed by atoms with van der Waals surface area (Å²) in [6.45, 7) is 6.45. The molecule has 4 N–H and O–H groups in total. The van der Waals surface area contributed by atoms with E-state index in [1.807, 2.05) is 13.0 Å². The number of amides is 1. The molecule has 0 aliphatic rings. The fourth-order valence-electron chi connectivity index (χ4n) is 2.00. The minimum Gasteiger partial charge on any atom is -0.349 e. The second-order valence-electron chi connectivity index (χ2n) is 5.42. The molecule has 0 radical (unpaired) electrons. The third-order valence-corrected chi connectivity index (χ3v) is 3.42. The zero-order valence-electron chi connectivity index (χ0n) is 13.1. The molecule has 0 aromatic heterocycles. The molecular formula is C18H34FN3O. The van der Waals surface area contributed by atoms with Gasteiger partial charge in [-0.25, -0.2) is 4.39 Å². The van der Waals surface area contributed by atoms with Crippen molar-refractivity contribution in [1.29, 1.82) is 0 Å². The zero-order chi connectivity index (χ0) is 15.8. The van der Waals surface area contributed by atoms with Crippen molar-refractivity contribution in [3.8, 4) is 0 Å². The van der Waals surface area contributed by atoms with E-state index >= 15 is 0 Å². The van der Waals surface area contributed by atoms with E-state index in [9.17, 15) is 9.18 Å². The van der Waals surface area contributed by atoms with Gasteiger partial charge in [0, 0.05) is 0 Å². The van der Waals surface area contributed by atoms with Crippen LogP contribution in [-0.2, 0) is 4.79 Å². The van der Waals surface area contributed by atoms with Gasteiger partial charge < -0.3 is 16.4 Å². The van der Waals surface area contributed by atoms with Crippen molar-refractivity contribution >= 4 is 5.91 Å². The molecule has 1 amide bonds. The SMILES string of the molecule is C.C.CCCCNC(N)CC(=O)N[C@@H](C)c1ccc(C)c(F)c1. The van der Waals surface area contributed by atoms with E-state index in [2.05, 4.69) is 17.6 Å². The lowest BCUT2D eigenvalue weighted by Gasteiger charge is -2.18. The summed E-state index contributed by atoms with van der Waals surface area (Å²) < 4.78 is 13.5. The van der Waals surface area contributed by atoms with Crippen LogP contribution in [0.5, 0.6) is 0 Å². The highest BCUT2D eigenvalue weighted by atomic mass is 19.1. The van der Waals surface area contributed by atoms with E-state index in [0.29, 0.717) is 5.56 Å². The Bertz CT molecular complexity index is 466. The van der Waals surface area contributed by atoms with Crippen LogP contribution in [-0.4, -0.2) is 18.6 Å². The molecule has 0 aliphatic heterocycles. The van der Waals surface area contributed by atoms with Gasteiger partial charge >= 0.3 is 0 Å². The number of benzene rings is 1. The van der Waals surface area contributed by atoms with Gasteiger partial charge in [0.05, 0.1) is 18.6 Å². The van der Waals surface area contributed by atoms with E-state index in [4.69, 9.17) is 5.73 Å². The molecule has 134 valence electrons. The number of nitrogens with two attached hydrogens (primary N) is 1. The molecule has 0 aliphatic carbocycles. The molecule has 23 heavy (non-hydrogen) atoms. The minimum atomic E-state index is -0.349. The number of unbranched alkanes of at least 4 members (excludes halogenated alkanes) is 1. The van der Waals surface area contributed by atoms with Gasteiger partial charge in [-0.1, -0.05) is 40.3 Å². The maximum Gasteiger partial charge on any atom is 0.223 e. The van der Waals surface area contributed by atoms with E-state index in [0.717, 1.165) is 24.9 Å². The van der Waals surface area contributed by atoms with E-state index in [1.54, 1.807) is 13.0 Å². The standard InChI is InChI=1S/C16H26FN3O.2CH4/c1-4-5-8-19-15(18)10-16(21)20-12(3)13-7-6-11(2)14(17)9-13;;/h6-7,9,12,15,19H,4-5,8,10,18H2,1-3H3,(H,20,21);2*1H4/t12-,15?;;/m0../s1. The van der Waals surface area contributed by atoms with Gasteiger partial charge in [0.1, 0.15) is 5.82 Å². The summed E-state index contributed by atoms with van der Waals surface area (Å²) in [5, 5.41) is 5.94. The molecule has 1 aromatic carbocycles. The van der Waals surface area contributed by atoms with Crippen molar-refractivity contribution in [2.75, 3.05) is 6.54 Å². The van der Waals surface area contributed by atoms with Crippen molar-refractivity contribution in [2.45, 2.75) is 67.1 Å². The van der Waals surface area contributed by atoms with Crippen LogP contribution in [0, 0.1) is 12.7 Å². The third-order valence-electron chi connectivity index (χ3n) is 3.42. The first kappa shape index (κ1) is 23.8. The Morgan fingerprint density at radius 3 is 2.57 bits per heavy atom. The van der Waals surface area contributed by atoms with Crippen LogP contribution in [0.3, 0.4) is 0 Å². The average molecular weight is 327 g/mol. The van der Waals surface area contributed by atoms with Gasteiger partial charge in [0.25, 0.3) is 0 Å². The number of carbonyl (C=O) groups excluding carboxylic acids is 1. The second kappa shape index (κ2) is 12.0. The third kappa shape index (κ3) is 8.67. The van der Waals surface area contributed by atoms with Crippen LogP contribution in [0.2, 0.25) is 0 Å². The van der Waals surface area contributed by atoms with Gasteiger partial charge in [0.15, 0.2) is 0 Å². The Balaban J connectivity index is 0. The molecule has 0 saturated heterocycles. The molecule has 0 spiro atoms. The zero-order valence-corrected chi connectivity index (χ0v) is 13.1. The Labute approximate surface area is 141 Å². The van der Waals surface area contributed by atoms with E-state index < -0.39 is 0 Å². The first-order chi connectivity index (χ1) is 9.93. The van der Waals surface area contributed by atoms with E-state index in [1.165, 1.54) is 6.07 Å². The van der Waals surface area contributed by atoms with Crippen LogP contribution in [0.25, 0.3) is 0 Å². The Hall–Kier alpha value is -1.46. The monoisotopic (exact) mass is 327 g/mol. The molecule has 5 heteroatoms. The van der Waals surface area contributed by atoms with Crippen molar-refractivity contribution in [3.05, 3.63) is 35.1 Å². The smallest absolute Gasteiger partial charge is 0.223 e. The Morgan fingerprint density at radius 1 is 1.35 bits per heavy atom. The number of aryl methyl sites for hydroxylation is 1. The summed E-state index contributed by atoms with van der Waals surface area (Å²) in [4.78, 5) is 11.9. The summed E-state index contributed by atoms with van der Waals surface area (Å²) >= 11 is 0. The number of carbonyl (C=O) groups is 1. The second-order valence-corrected chi connectivity index (χ2v) is 5.42. The van der Waals surface area contributed by atoms with Crippen molar-refractivity contribution in [3.63, 3.8) is 0 Å². The Morgan fingerprint density at radius 2 is 2.00 bits per heavy atom. The molecular weight excluding hydrogens is 293 g/mol. The molecule has 1 rings (SSSR count). The molecule has 0 saturated carbocycles. The maximum absolute atomic E-state index is 13.5. The highest BCUT2D eigenvalue weighted by Crippen LogP contribution is 2.16. The number of hydrogen-bond donors (Lipinski definition) is 3. The van der Waals surface area contributed by atoms with Crippen LogP contribution in [0.15, 0.2) is 18.2 Å². The lowest BCUT2D eigenvalue weighted by molar-refractivity contribution is -0.122. The first-order valence-electron chi connectivity index (χ1n) is 7.48. The van der Waals surface area contributed by atoms with Gasteiger partial charge in [-0.05, 0) is 44.0 Å².